The molecule has 1 aromatic rings. The lowest BCUT2D eigenvalue weighted by atomic mass is 9.96. The lowest BCUT2D eigenvalue weighted by Crippen LogP contribution is -2.24. The summed E-state index contributed by atoms with van der Waals surface area (Å²) < 4.78 is 18.3. The molecule has 0 radical (unpaired) electrons. The maximum atomic E-state index is 12.8. The first kappa shape index (κ1) is 15.6. The van der Waals surface area contributed by atoms with E-state index in [0.717, 1.165) is 5.56 Å². The molecule has 1 atom stereocenters. The van der Waals surface area contributed by atoms with Gasteiger partial charge in [0, 0.05) is 6.61 Å². The van der Waals surface area contributed by atoms with E-state index in [-0.39, 0.29) is 11.4 Å². The maximum Gasteiger partial charge on any atom is 0.306 e. The standard InChI is InChI=1S/C15H21FO3/c1-15(2,3)19-9-8-12(14(17)18)10-11-4-6-13(16)7-5-11/h4-7,12H,8-10H2,1-3H3,(H,17,18). The quantitative estimate of drug-likeness (QED) is 0.861. The van der Waals surface area contributed by atoms with E-state index < -0.39 is 11.9 Å². The Bertz CT molecular complexity index is 406. The van der Waals surface area contributed by atoms with Gasteiger partial charge in [-0.1, -0.05) is 12.1 Å². The van der Waals surface area contributed by atoms with Gasteiger partial charge in [0.25, 0.3) is 0 Å². The molecule has 1 aromatic carbocycles. The molecule has 3 nitrogen and oxygen atoms in total. The van der Waals surface area contributed by atoms with Crippen LogP contribution in [0.2, 0.25) is 0 Å². The van der Waals surface area contributed by atoms with Crippen molar-refractivity contribution >= 4 is 5.97 Å². The van der Waals surface area contributed by atoms with Crippen molar-refractivity contribution < 1.29 is 19.0 Å². The summed E-state index contributed by atoms with van der Waals surface area (Å²) in [6.45, 7) is 6.20. The largest absolute Gasteiger partial charge is 0.481 e. The number of ether oxygens (including phenoxy) is 1. The molecule has 1 unspecified atom stereocenters. The minimum absolute atomic E-state index is 0.265. The molecule has 0 bridgehead atoms. The first-order valence-corrected chi connectivity index (χ1v) is 6.39. The van der Waals surface area contributed by atoms with Crippen molar-refractivity contribution in [3.05, 3.63) is 35.6 Å². The number of carbonyl (C=O) groups is 1. The third kappa shape index (κ3) is 6.34. The normalized spacial score (nSPS) is 13.3. The van der Waals surface area contributed by atoms with Crippen LogP contribution in [0.25, 0.3) is 0 Å². The van der Waals surface area contributed by atoms with Crippen LogP contribution in [-0.2, 0) is 16.0 Å². The molecule has 0 spiro atoms. The highest BCUT2D eigenvalue weighted by molar-refractivity contribution is 5.70. The van der Waals surface area contributed by atoms with E-state index in [1.807, 2.05) is 20.8 Å². The van der Waals surface area contributed by atoms with Crippen molar-refractivity contribution in [1.82, 2.24) is 0 Å². The van der Waals surface area contributed by atoms with Crippen LogP contribution in [-0.4, -0.2) is 23.3 Å². The van der Waals surface area contributed by atoms with Crippen LogP contribution < -0.4 is 0 Å². The fraction of sp³-hybridized carbons (Fsp3) is 0.533. The smallest absolute Gasteiger partial charge is 0.306 e. The SMILES string of the molecule is CC(C)(C)OCCC(Cc1ccc(F)cc1)C(=O)O. The first-order valence-electron chi connectivity index (χ1n) is 6.39. The molecule has 106 valence electrons. The topological polar surface area (TPSA) is 46.5 Å². The molecular weight excluding hydrogens is 247 g/mol. The number of benzene rings is 1. The highest BCUT2D eigenvalue weighted by Crippen LogP contribution is 2.16. The van der Waals surface area contributed by atoms with Gasteiger partial charge < -0.3 is 9.84 Å². The van der Waals surface area contributed by atoms with E-state index in [2.05, 4.69) is 0 Å². The highest BCUT2D eigenvalue weighted by atomic mass is 19.1. The van der Waals surface area contributed by atoms with E-state index >= 15 is 0 Å². The van der Waals surface area contributed by atoms with Gasteiger partial charge in [-0.3, -0.25) is 4.79 Å². The minimum atomic E-state index is -0.846. The summed E-state index contributed by atoms with van der Waals surface area (Å²) in [4.78, 5) is 11.2. The number of carboxylic acid groups (broad SMARTS) is 1. The summed E-state index contributed by atoms with van der Waals surface area (Å²) in [5, 5.41) is 9.19. The maximum absolute atomic E-state index is 12.8. The Morgan fingerprint density at radius 1 is 1.32 bits per heavy atom. The predicted octanol–water partition coefficient (Wildman–Crippen LogP) is 3.27. The lowest BCUT2D eigenvalue weighted by molar-refractivity contribution is -0.142. The van der Waals surface area contributed by atoms with Crippen molar-refractivity contribution in [2.24, 2.45) is 5.92 Å². The van der Waals surface area contributed by atoms with E-state index in [0.29, 0.717) is 19.4 Å². The molecule has 19 heavy (non-hydrogen) atoms. The highest BCUT2D eigenvalue weighted by Gasteiger charge is 2.19. The van der Waals surface area contributed by atoms with Gasteiger partial charge in [0.2, 0.25) is 0 Å². The summed E-state index contributed by atoms with van der Waals surface area (Å²) in [7, 11) is 0. The van der Waals surface area contributed by atoms with Crippen LogP contribution in [0.4, 0.5) is 4.39 Å². The summed E-state index contributed by atoms with van der Waals surface area (Å²) >= 11 is 0. The van der Waals surface area contributed by atoms with Crippen molar-refractivity contribution in [2.75, 3.05) is 6.61 Å². The monoisotopic (exact) mass is 268 g/mol. The van der Waals surface area contributed by atoms with Gasteiger partial charge in [-0.25, -0.2) is 4.39 Å². The van der Waals surface area contributed by atoms with Crippen LogP contribution in [0.15, 0.2) is 24.3 Å². The molecule has 0 aromatic heterocycles. The number of aliphatic carboxylic acids is 1. The number of rotatable bonds is 6. The van der Waals surface area contributed by atoms with Gasteiger partial charge in [0.05, 0.1) is 11.5 Å². The Labute approximate surface area is 113 Å². The molecule has 0 amide bonds. The third-order valence-electron chi connectivity index (χ3n) is 2.75. The fourth-order valence-corrected chi connectivity index (χ4v) is 1.73. The fourth-order valence-electron chi connectivity index (χ4n) is 1.73. The molecule has 0 heterocycles. The van der Waals surface area contributed by atoms with Crippen LogP contribution in [0.3, 0.4) is 0 Å². The number of halogens is 1. The van der Waals surface area contributed by atoms with Crippen LogP contribution in [0, 0.1) is 11.7 Å². The Kier molecular flexibility index (Phi) is 5.48. The second kappa shape index (κ2) is 6.66. The predicted molar refractivity (Wildman–Crippen MR) is 71.6 cm³/mol. The Hall–Kier alpha value is -1.42. The molecule has 0 saturated carbocycles. The average molecular weight is 268 g/mol. The molecular formula is C15H21FO3. The zero-order valence-corrected chi connectivity index (χ0v) is 11.6. The van der Waals surface area contributed by atoms with Crippen LogP contribution >= 0.6 is 0 Å². The second-order valence-electron chi connectivity index (χ2n) is 5.62. The van der Waals surface area contributed by atoms with Gasteiger partial charge in [-0.05, 0) is 51.3 Å². The van der Waals surface area contributed by atoms with E-state index in [1.54, 1.807) is 12.1 Å². The summed E-state index contributed by atoms with van der Waals surface area (Å²) in [6.07, 6.45) is 0.840. The molecule has 0 aliphatic rings. The van der Waals surface area contributed by atoms with Gasteiger partial charge >= 0.3 is 5.97 Å². The number of hydrogen-bond donors (Lipinski definition) is 1. The first-order chi connectivity index (χ1) is 8.78. The van der Waals surface area contributed by atoms with E-state index in [4.69, 9.17) is 4.74 Å². The van der Waals surface area contributed by atoms with E-state index in [1.165, 1.54) is 12.1 Å². The van der Waals surface area contributed by atoms with E-state index in [9.17, 15) is 14.3 Å². The molecule has 0 fully saturated rings. The summed E-state index contributed by atoms with van der Waals surface area (Å²) in [5.41, 5.74) is 0.559. The van der Waals surface area contributed by atoms with Gasteiger partial charge in [0.15, 0.2) is 0 Å². The lowest BCUT2D eigenvalue weighted by Gasteiger charge is -2.21. The zero-order chi connectivity index (χ0) is 14.5. The molecule has 0 aliphatic carbocycles. The van der Waals surface area contributed by atoms with Gasteiger partial charge in [0.1, 0.15) is 5.82 Å². The van der Waals surface area contributed by atoms with Gasteiger partial charge in [-0.2, -0.15) is 0 Å². The number of carboxylic acids is 1. The van der Waals surface area contributed by atoms with Crippen molar-refractivity contribution in [3.8, 4) is 0 Å². The van der Waals surface area contributed by atoms with Crippen molar-refractivity contribution in [3.63, 3.8) is 0 Å². The third-order valence-corrected chi connectivity index (χ3v) is 2.75. The van der Waals surface area contributed by atoms with Crippen LogP contribution in [0.1, 0.15) is 32.8 Å². The molecule has 0 aliphatic heterocycles. The second-order valence-corrected chi connectivity index (χ2v) is 5.62. The summed E-state index contributed by atoms with van der Waals surface area (Å²) in [5.74, 6) is -1.67. The molecule has 0 saturated heterocycles. The molecule has 1 rings (SSSR count). The average Bonchev–Trinajstić information content (AvgIpc) is 2.28. The molecule has 1 N–H and O–H groups in total. The minimum Gasteiger partial charge on any atom is -0.481 e. The Morgan fingerprint density at radius 2 is 1.89 bits per heavy atom. The van der Waals surface area contributed by atoms with Crippen molar-refractivity contribution in [1.29, 1.82) is 0 Å². The Morgan fingerprint density at radius 3 is 2.37 bits per heavy atom. The van der Waals surface area contributed by atoms with Crippen LogP contribution in [0.5, 0.6) is 0 Å². The van der Waals surface area contributed by atoms with Crippen molar-refractivity contribution in [2.45, 2.75) is 39.2 Å². The summed E-state index contributed by atoms with van der Waals surface area (Å²) in [6, 6.07) is 5.94. The zero-order valence-electron chi connectivity index (χ0n) is 11.6. The number of hydrogen-bond acceptors (Lipinski definition) is 2. The van der Waals surface area contributed by atoms with Gasteiger partial charge in [-0.15, -0.1) is 0 Å². The molecule has 4 heteroatoms. The Balaban J connectivity index is 2.53.